The topological polar surface area (TPSA) is 100 Å². The minimum absolute atomic E-state index is 0.0694. The van der Waals surface area contributed by atoms with Gasteiger partial charge in [-0.3, -0.25) is 14.4 Å². The first-order valence-corrected chi connectivity index (χ1v) is 10.2. The summed E-state index contributed by atoms with van der Waals surface area (Å²) in [4.78, 5) is 42.0. The van der Waals surface area contributed by atoms with Crippen LogP contribution in [0.1, 0.15) is 31.3 Å². The van der Waals surface area contributed by atoms with Gasteiger partial charge in [-0.1, -0.05) is 54.6 Å². The lowest BCUT2D eigenvalue weighted by Crippen LogP contribution is -2.19. The van der Waals surface area contributed by atoms with Crippen molar-refractivity contribution in [3.05, 3.63) is 120 Å². The van der Waals surface area contributed by atoms with Crippen LogP contribution >= 0.6 is 0 Å². The van der Waals surface area contributed by atoms with E-state index < -0.39 is 11.8 Å². The van der Waals surface area contributed by atoms with Gasteiger partial charge in [0, 0.05) is 11.3 Å². The van der Waals surface area contributed by atoms with Crippen molar-refractivity contribution in [1.82, 2.24) is 4.98 Å². The van der Waals surface area contributed by atoms with Crippen LogP contribution in [0.5, 0.6) is 0 Å². The van der Waals surface area contributed by atoms with Crippen molar-refractivity contribution >= 4 is 34.8 Å². The van der Waals surface area contributed by atoms with Gasteiger partial charge < -0.3 is 16.0 Å². The minimum Gasteiger partial charge on any atom is -0.321 e. The van der Waals surface area contributed by atoms with Crippen molar-refractivity contribution in [2.24, 2.45) is 0 Å². The zero-order valence-electron chi connectivity index (χ0n) is 17.5. The molecule has 4 aromatic rings. The van der Waals surface area contributed by atoms with Crippen LogP contribution in [0.3, 0.4) is 0 Å². The Morgan fingerprint density at radius 1 is 0.485 bits per heavy atom. The molecule has 0 fully saturated rings. The van der Waals surface area contributed by atoms with Crippen molar-refractivity contribution in [2.75, 3.05) is 16.0 Å². The highest BCUT2D eigenvalue weighted by molar-refractivity contribution is 6.10. The fourth-order valence-electron chi connectivity index (χ4n) is 3.08. The van der Waals surface area contributed by atoms with Gasteiger partial charge in [-0.2, -0.15) is 0 Å². The highest BCUT2D eigenvalue weighted by atomic mass is 16.2. The number of aromatic nitrogens is 1. The second-order valence-corrected chi connectivity index (χ2v) is 7.05. The van der Waals surface area contributed by atoms with E-state index >= 15 is 0 Å². The number of pyridine rings is 1. The molecule has 0 aliphatic carbocycles. The standard InChI is InChI=1S/C26H20N4O3/c31-24(18-10-3-1-4-11-18)29-20-14-7-8-15-21(20)30-26(33)23-17-9-16-22(28-23)25(32)27-19-12-5-2-6-13-19/h1-17H,(H,27,32)(H,29,31)(H,30,33). The number of carbonyl (C=O) groups excluding carboxylic acids is 3. The number of amides is 3. The number of nitrogens with one attached hydrogen (secondary N) is 3. The summed E-state index contributed by atoms with van der Waals surface area (Å²) >= 11 is 0. The van der Waals surface area contributed by atoms with Crippen molar-refractivity contribution in [2.45, 2.75) is 0 Å². The number of para-hydroxylation sites is 3. The summed E-state index contributed by atoms with van der Waals surface area (Å²) in [5, 5.41) is 8.29. The lowest BCUT2D eigenvalue weighted by atomic mass is 10.2. The van der Waals surface area contributed by atoms with Crippen molar-refractivity contribution < 1.29 is 14.4 Å². The molecule has 1 heterocycles. The van der Waals surface area contributed by atoms with E-state index in [0.29, 0.717) is 22.6 Å². The van der Waals surface area contributed by atoms with E-state index in [1.54, 1.807) is 78.9 Å². The first kappa shape index (κ1) is 21.5. The minimum atomic E-state index is -0.509. The van der Waals surface area contributed by atoms with Crippen LogP contribution in [0.2, 0.25) is 0 Å². The molecule has 0 bridgehead atoms. The SMILES string of the molecule is O=C(Nc1ccccc1NC(=O)c1cccc(C(=O)Nc2ccccc2)n1)c1ccccc1. The average molecular weight is 436 g/mol. The maximum atomic E-state index is 12.8. The second-order valence-electron chi connectivity index (χ2n) is 7.05. The smallest absolute Gasteiger partial charge is 0.274 e. The Hall–Kier alpha value is -4.78. The number of hydrogen-bond acceptors (Lipinski definition) is 4. The Kier molecular flexibility index (Phi) is 6.51. The van der Waals surface area contributed by atoms with E-state index in [4.69, 9.17) is 0 Å². The van der Waals surface area contributed by atoms with Gasteiger partial charge in [-0.15, -0.1) is 0 Å². The highest BCUT2D eigenvalue weighted by Crippen LogP contribution is 2.22. The molecule has 0 atom stereocenters. The fourth-order valence-corrected chi connectivity index (χ4v) is 3.08. The van der Waals surface area contributed by atoms with Crippen LogP contribution in [0.25, 0.3) is 0 Å². The maximum Gasteiger partial charge on any atom is 0.274 e. The molecule has 7 nitrogen and oxygen atoms in total. The Labute approximate surface area is 190 Å². The molecule has 1 aromatic heterocycles. The van der Waals surface area contributed by atoms with E-state index in [1.165, 1.54) is 12.1 Å². The molecule has 3 aromatic carbocycles. The Morgan fingerprint density at radius 3 is 1.58 bits per heavy atom. The number of carbonyl (C=O) groups is 3. The number of rotatable bonds is 6. The summed E-state index contributed by atoms with van der Waals surface area (Å²) in [5.41, 5.74) is 2.15. The number of anilines is 3. The third kappa shape index (κ3) is 5.48. The second kappa shape index (κ2) is 10.0. The molecule has 162 valence electrons. The summed E-state index contributed by atoms with van der Waals surface area (Å²) in [6.45, 7) is 0. The molecule has 0 saturated carbocycles. The van der Waals surface area contributed by atoms with Gasteiger partial charge in [-0.25, -0.2) is 4.98 Å². The van der Waals surface area contributed by atoms with Gasteiger partial charge in [0.25, 0.3) is 17.7 Å². The Bertz CT molecular complexity index is 1290. The van der Waals surface area contributed by atoms with Gasteiger partial charge in [0.05, 0.1) is 11.4 Å². The predicted molar refractivity (Wildman–Crippen MR) is 127 cm³/mol. The molecule has 3 amide bonds. The molecule has 4 rings (SSSR count). The van der Waals surface area contributed by atoms with Crippen LogP contribution in [0.4, 0.5) is 17.1 Å². The maximum absolute atomic E-state index is 12.8. The van der Waals surface area contributed by atoms with E-state index in [0.717, 1.165) is 0 Å². The van der Waals surface area contributed by atoms with Gasteiger partial charge in [0.2, 0.25) is 0 Å². The summed E-state index contributed by atoms with van der Waals surface area (Å²) in [6, 6.07) is 29.2. The fraction of sp³-hybridized carbons (Fsp3) is 0. The van der Waals surface area contributed by atoms with Crippen molar-refractivity contribution in [3.63, 3.8) is 0 Å². The summed E-state index contributed by atoms with van der Waals surface area (Å²) in [7, 11) is 0. The normalized spacial score (nSPS) is 10.2. The molecule has 7 heteroatoms. The molecule has 0 radical (unpaired) electrons. The molecule has 33 heavy (non-hydrogen) atoms. The van der Waals surface area contributed by atoms with Crippen LogP contribution < -0.4 is 16.0 Å². The van der Waals surface area contributed by atoms with E-state index in [-0.39, 0.29) is 17.3 Å². The van der Waals surface area contributed by atoms with E-state index in [9.17, 15) is 14.4 Å². The van der Waals surface area contributed by atoms with E-state index in [1.807, 2.05) is 12.1 Å². The predicted octanol–water partition coefficient (Wildman–Crippen LogP) is 4.84. The first-order valence-electron chi connectivity index (χ1n) is 10.2. The molecular weight excluding hydrogens is 416 g/mol. The molecule has 3 N–H and O–H groups in total. The monoisotopic (exact) mass is 436 g/mol. The number of nitrogens with zero attached hydrogens (tertiary/aromatic N) is 1. The third-order valence-corrected chi connectivity index (χ3v) is 4.71. The Morgan fingerprint density at radius 2 is 0.970 bits per heavy atom. The molecule has 0 unspecified atom stereocenters. The lowest BCUT2D eigenvalue weighted by molar-refractivity contribution is 0.100. The molecule has 0 saturated heterocycles. The van der Waals surface area contributed by atoms with Gasteiger partial charge in [-0.05, 0) is 48.5 Å². The molecule has 0 aliphatic rings. The number of hydrogen-bond donors (Lipinski definition) is 3. The highest BCUT2D eigenvalue weighted by Gasteiger charge is 2.15. The van der Waals surface area contributed by atoms with Crippen LogP contribution in [0, 0.1) is 0 Å². The van der Waals surface area contributed by atoms with Gasteiger partial charge >= 0.3 is 0 Å². The first-order chi connectivity index (χ1) is 16.1. The van der Waals surface area contributed by atoms with Crippen LogP contribution in [-0.2, 0) is 0 Å². The molecule has 0 aliphatic heterocycles. The number of benzene rings is 3. The third-order valence-electron chi connectivity index (χ3n) is 4.71. The average Bonchev–Trinajstić information content (AvgIpc) is 2.86. The lowest BCUT2D eigenvalue weighted by Gasteiger charge is -2.12. The quantitative estimate of drug-likeness (QED) is 0.403. The zero-order chi connectivity index (χ0) is 23.0. The largest absolute Gasteiger partial charge is 0.321 e. The van der Waals surface area contributed by atoms with Gasteiger partial charge in [0.1, 0.15) is 11.4 Å². The van der Waals surface area contributed by atoms with Crippen molar-refractivity contribution in [1.29, 1.82) is 0 Å². The summed E-state index contributed by atoms with van der Waals surface area (Å²) in [6.07, 6.45) is 0. The van der Waals surface area contributed by atoms with Gasteiger partial charge in [0.15, 0.2) is 0 Å². The van der Waals surface area contributed by atoms with Crippen molar-refractivity contribution in [3.8, 4) is 0 Å². The van der Waals surface area contributed by atoms with Crippen LogP contribution in [0.15, 0.2) is 103 Å². The summed E-state index contributed by atoms with van der Waals surface area (Å²) < 4.78 is 0. The van der Waals surface area contributed by atoms with Crippen LogP contribution in [-0.4, -0.2) is 22.7 Å². The molecular formula is C26H20N4O3. The van der Waals surface area contributed by atoms with E-state index in [2.05, 4.69) is 20.9 Å². The summed E-state index contributed by atoms with van der Waals surface area (Å²) in [5.74, 6) is -1.23. The zero-order valence-corrected chi connectivity index (χ0v) is 17.5. The Balaban J connectivity index is 1.48. The molecule has 0 spiro atoms.